The van der Waals surface area contributed by atoms with Crippen LogP contribution in [0.25, 0.3) is 22.4 Å². The molecule has 3 heterocycles. The molecule has 1 aromatic carbocycles. The van der Waals surface area contributed by atoms with E-state index in [1.807, 2.05) is 30.6 Å². The minimum atomic E-state index is 0.0282. The van der Waals surface area contributed by atoms with Crippen molar-refractivity contribution in [1.29, 1.82) is 0 Å². The lowest BCUT2D eigenvalue weighted by Gasteiger charge is -2.27. The summed E-state index contributed by atoms with van der Waals surface area (Å²) in [5.74, 6) is 0.712. The van der Waals surface area contributed by atoms with Crippen LogP contribution in [-0.4, -0.2) is 50.9 Å². The third kappa shape index (κ3) is 3.04. The lowest BCUT2D eigenvalue weighted by Crippen LogP contribution is -2.37. The number of aliphatic hydroxyl groups is 1. The number of ether oxygens (including phenoxy) is 1. The molecule has 0 bridgehead atoms. The Morgan fingerprint density at radius 1 is 1.12 bits per heavy atom. The second-order valence-corrected chi connectivity index (χ2v) is 6.74. The van der Waals surface area contributed by atoms with E-state index in [0.29, 0.717) is 19.2 Å². The number of benzene rings is 1. The van der Waals surface area contributed by atoms with Gasteiger partial charge in [-0.1, -0.05) is 24.3 Å². The number of anilines is 1. The average molecular weight is 353 g/mol. The van der Waals surface area contributed by atoms with Crippen molar-refractivity contribution < 1.29 is 9.84 Å². The van der Waals surface area contributed by atoms with Gasteiger partial charge in [0.1, 0.15) is 11.2 Å². The first kappa shape index (κ1) is 16.9. The molecule has 0 amide bonds. The van der Waals surface area contributed by atoms with E-state index in [1.54, 1.807) is 0 Å². The van der Waals surface area contributed by atoms with E-state index in [1.165, 1.54) is 0 Å². The van der Waals surface area contributed by atoms with Crippen molar-refractivity contribution in [2.75, 3.05) is 31.2 Å². The Hall–Kier alpha value is -2.51. The molecular weight excluding hydrogens is 330 g/mol. The predicted octanol–water partition coefficient (Wildman–Crippen LogP) is 2.40. The number of aromatic nitrogens is 4. The molecule has 0 unspecified atom stereocenters. The third-order valence-corrected chi connectivity index (χ3v) is 4.67. The predicted molar refractivity (Wildman–Crippen MR) is 100 cm³/mol. The standard InChI is InChI=1S/C19H23N5O2/c1-13(2)24-12-20-17-16(15-5-3-14(11-25)4-6-15)21-19(22-18(17)24)23-7-9-26-10-8-23/h3-6,12-13,25H,7-11H2,1-2H3. The highest BCUT2D eigenvalue weighted by Crippen LogP contribution is 2.29. The first-order chi connectivity index (χ1) is 12.7. The van der Waals surface area contributed by atoms with Gasteiger partial charge in [-0.3, -0.25) is 0 Å². The second-order valence-electron chi connectivity index (χ2n) is 6.74. The van der Waals surface area contributed by atoms with Crippen molar-refractivity contribution >= 4 is 17.1 Å². The number of hydrogen-bond donors (Lipinski definition) is 1. The number of morpholine rings is 1. The molecule has 0 aliphatic carbocycles. The van der Waals surface area contributed by atoms with Crippen molar-refractivity contribution in [3.05, 3.63) is 36.2 Å². The normalized spacial score (nSPS) is 15.2. The molecule has 1 saturated heterocycles. The molecule has 0 radical (unpaired) electrons. The summed E-state index contributed by atoms with van der Waals surface area (Å²) in [6, 6.07) is 8.04. The fourth-order valence-corrected chi connectivity index (χ4v) is 3.16. The van der Waals surface area contributed by atoms with Gasteiger partial charge < -0.3 is 19.3 Å². The van der Waals surface area contributed by atoms with E-state index < -0.39 is 0 Å². The average Bonchev–Trinajstić information content (AvgIpc) is 3.12. The summed E-state index contributed by atoms with van der Waals surface area (Å²) in [4.78, 5) is 16.4. The largest absolute Gasteiger partial charge is 0.392 e. The van der Waals surface area contributed by atoms with Crippen LogP contribution in [0.4, 0.5) is 5.95 Å². The zero-order valence-electron chi connectivity index (χ0n) is 15.1. The number of imidazole rings is 1. The summed E-state index contributed by atoms with van der Waals surface area (Å²) < 4.78 is 7.53. The Kier molecular flexibility index (Phi) is 4.57. The molecule has 2 aromatic heterocycles. The number of fused-ring (bicyclic) bond motifs is 1. The van der Waals surface area contributed by atoms with Crippen molar-refractivity contribution in [3.8, 4) is 11.3 Å². The van der Waals surface area contributed by atoms with Crippen LogP contribution >= 0.6 is 0 Å². The lowest BCUT2D eigenvalue weighted by molar-refractivity contribution is 0.122. The van der Waals surface area contributed by atoms with Gasteiger partial charge in [0.05, 0.1) is 26.1 Å². The maximum absolute atomic E-state index is 9.29. The molecule has 7 nitrogen and oxygen atoms in total. The van der Waals surface area contributed by atoms with Crippen LogP contribution in [0.5, 0.6) is 0 Å². The van der Waals surface area contributed by atoms with Crippen molar-refractivity contribution in [2.45, 2.75) is 26.5 Å². The molecule has 1 aliphatic heterocycles. The van der Waals surface area contributed by atoms with E-state index in [0.717, 1.165) is 41.1 Å². The number of hydrogen-bond acceptors (Lipinski definition) is 6. The van der Waals surface area contributed by atoms with Crippen LogP contribution in [0.15, 0.2) is 30.6 Å². The fraction of sp³-hybridized carbons (Fsp3) is 0.421. The number of aliphatic hydroxyl groups excluding tert-OH is 1. The molecule has 4 rings (SSSR count). The van der Waals surface area contributed by atoms with Gasteiger partial charge in [0.25, 0.3) is 0 Å². The first-order valence-electron chi connectivity index (χ1n) is 8.95. The van der Waals surface area contributed by atoms with Crippen LogP contribution in [0.1, 0.15) is 25.5 Å². The Labute approximate surface area is 152 Å². The molecule has 7 heteroatoms. The molecule has 0 spiro atoms. The van der Waals surface area contributed by atoms with Crippen molar-refractivity contribution in [2.24, 2.45) is 0 Å². The summed E-state index contributed by atoms with van der Waals surface area (Å²) in [7, 11) is 0. The maximum atomic E-state index is 9.29. The summed E-state index contributed by atoms with van der Waals surface area (Å²) in [6.07, 6.45) is 1.83. The Bertz CT molecular complexity index is 898. The van der Waals surface area contributed by atoms with E-state index in [-0.39, 0.29) is 12.6 Å². The monoisotopic (exact) mass is 353 g/mol. The first-order valence-corrected chi connectivity index (χ1v) is 8.95. The van der Waals surface area contributed by atoms with E-state index >= 15 is 0 Å². The minimum absolute atomic E-state index is 0.0282. The topological polar surface area (TPSA) is 76.3 Å². The SMILES string of the molecule is CC(C)n1cnc2c(-c3ccc(CO)cc3)nc(N3CCOCC3)nc21. The quantitative estimate of drug-likeness (QED) is 0.776. The van der Waals surface area contributed by atoms with Gasteiger partial charge >= 0.3 is 0 Å². The zero-order chi connectivity index (χ0) is 18.1. The van der Waals surface area contributed by atoms with E-state index in [2.05, 4.69) is 28.3 Å². The summed E-state index contributed by atoms with van der Waals surface area (Å²) in [6.45, 7) is 7.20. The van der Waals surface area contributed by atoms with Crippen LogP contribution < -0.4 is 4.90 Å². The molecule has 0 atom stereocenters. The zero-order valence-corrected chi connectivity index (χ0v) is 15.1. The Balaban J connectivity index is 1.88. The van der Waals surface area contributed by atoms with Gasteiger partial charge in [-0.15, -0.1) is 0 Å². The molecule has 26 heavy (non-hydrogen) atoms. The van der Waals surface area contributed by atoms with Crippen LogP contribution in [0, 0.1) is 0 Å². The van der Waals surface area contributed by atoms with E-state index in [9.17, 15) is 5.11 Å². The smallest absolute Gasteiger partial charge is 0.228 e. The minimum Gasteiger partial charge on any atom is -0.392 e. The van der Waals surface area contributed by atoms with Gasteiger partial charge in [0.15, 0.2) is 5.65 Å². The van der Waals surface area contributed by atoms with Crippen LogP contribution in [0.3, 0.4) is 0 Å². The molecule has 1 aliphatic rings. The molecule has 1 fully saturated rings. The highest BCUT2D eigenvalue weighted by atomic mass is 16.5. The van der Waals surface area contributed by atoms with Crippen LogP contribution in [0.2, 0.25) is 0 Å². The van der Waals surface area contributed by atoms with Gasteiger partial charge in [-0.05, 0) is 19.4 Å². The summed E-state index contributed by atoms with van der Waals surface area (Å²) in [5, 5.41) is 9.29. The van der Waals surface area contributed by atoms with Gasteiger partial charge in [0.2, 0.25) is 5.95 Å². The maximum Gasteiger partial charge on any atom is 0.228 e. The second kappa shape index (κ2) is 7.01. The summed E-state index contributed by atoms with van der Waals surface area (Å²) in [5.41, 5.74) is 4.31. The summed E-state index contributed by atoms with van der Waals surface area (Å²) >= 11 is 0. The van der Waals surface area contributed by atoms with Gasteiger partial charge in [-0.2, -0.15) is 4.98 Å². The van der Waals surface area contributed by atoms with Gasteiger partial charge in [0, 0.05) is 24.7 Å². The fourth-order valence-electron chi connectivity index (χ4n) is 3.16. The molecule has 136 valence electrons. The van der Waals surface area contributed by atoms with E-state index in [4.69, 9.17) is 14.7 Å². The van der Waals surface area contributed by atoms with Gasteiger partial charge in [-0.25, -0.2) is 9.97 Å². The number of nitrogens with zero attached hydrogens (tertiary/aromatic N) is 5. The van der Waals surface area contributed by atoms with Crippen molar-refractivity contribution in [3.63, 3.8) is 0 Å². The Morgan fingerprint density at radius 2 is 1.85 bits per heavy atom. The molecular formula is C19H23N5O2. The molecule has 1 N–H and O–H groups in total. The molecule has 0 saturated carbocycles. The van der Waals surface area contributed by atoms with Crippen LogP contribution in [-0.2, 0) is 11.3 Å². The Morgan fingerprint density at radius 3 is 2.50 bits per heavy atom. The van der Waals surface area contributed by atoms with Crippen molar-refractivity contribution in [1.82, 2.24) is 19.5 Å². The highest BCUT2D eigenvalue weighted by molar-refractivity contribution is 5.88. The lowest BCUT2D eigenvalue weighted by atomic mass is 10.1. The third-order valence-electron chi connectivity index (χ3n) is 4.67. The molecule has 3 aromatic rings. The highest BCUT2D eigenvalue weighted by Gasteiger charge is 2.20. The number of rotatable bonds is 4.